The molecule has 2 aromatic heterocycles. The molecule has 7 nitrogen and oxygen atoms in total. The number of aryl methyl sites for hydroxylation is 1. The average Bonchev–Trinajstić information content (AvgIpc) is 3.18. The maximum absolute atomic E-state index is 12.8. The molecule has 1 aromatic carbocycles. The first-order valence-corrected chi connectivity index (χ1v) is 7.50. The monoisotopic (exact) mass is 365 g/mol. The van der Waals surface area contributed by atoms with Gasteiger partial charge in [0, 0.05) is 25.6 Å². The Morgan fingerprint density at radius 1 is 1.19 bits per heavy atom. The second-order valence-corrected chi connectivity index (χ2v) is 5.51. The molecule has 0 aliphatic rings. The van der Waals surface area contributed by atoms with Crippen LogP contribution in [-0.2, 0) is 19.8 Å². The lowest BCUT2D eigenvalue weighted by atomic mass is 10.2. The van der Waals surface area contributed by atoms with Crippen molar-refractivity contribution >= 4 is 6.03 Å². The van der Waals surface area contributed by atoms with Crippen molar-refractivity contribution in [1.29, 1.82) is 0 Å². The first kappa shape index (κ1) is 17.5. The number of nitrogens with one attached hydrogen (secondary N) is 1. The van der Waals surface area contributed by atoms with E-state index in [1.165, 1.54) is 24.5 Å². The summed E-state index contributed by atoms with van der Waals surface area (Å²) in [6.45, 7) is 0.112. The minimum absolute atomic E-state index is 0.0149. The number of imidazole rings is 1. The number of rotatable bonds is 3. The third-order valence-corrected chi connectivity index (χ3v) is 3.64. The second-order valence-electron chi connectivity index (χ2n) is 5.51. The molecule has 0 bridgehead atoms. The minimum Gasteiger partial charge on any atom is -0.332 e. The molecule has 0 radical (unpaired) electrons. The molecular formula is C16H14F3N5O2. The second kappa shape index (κ2) is 6.54. The van der Waals surface area contributed by atoms with Gasteiger partial charge in [-0.15, -0.1) is 0 Å². The molecule has 26 heavy (non-hydrogen) atoms. The maximum atomic E-state index is 12.8. The molecule has 136 valence electrons. The number of aromatic nitrogens is 4. The third kappa shape index (κ3) is 3.53. The Labute approximate surface area is 145 Å². The largest absolute Gasteiger partial charge is 0.416 e. The van der Waals surface area contributed by atoms with Crippen LogP contribution in [0.4, 0.5) is 18.0 Å². The maximum Gasteiger partial charge on any atom is 0.416 e. The Morgan fingerprint density at radius 3 is 2.62 bits per heavy atom. The number of amides is 1. The molecule has 0 saturated heterocycles. The van der Waals surface area contributed by atoms with Crippen LogP contribution >= 0.6 is 0 Å². The molecule has 0 aliphatic heterocycles. The summed E-state index contributed by atoms with van der Waals surface area (Å²) < 4.78 is 41.8. The van der Waals surface area contributed by atoms with Crippen molar-refractivity contribution in [1.82, 2.24) is 24.2 Å². The average molecular weight is 365 g/mol. The van der Waals surface area contributed by atoms with Crippen LogP contribution in [0.1, 0.15) is 11.3 Å². The van der Waals surface area contributed by atoms with Gasteiger partial charge in [0.05, 0.1) is 23.5 Å². The van der Waals surface area contributed by atoms with Crippen LogP contribution < -0.4 is 11.0 Å². The Bertz CT molecular complexity index is 1000. The van der Waals surface area contributed by atoms with E-state index >= 15 is 0 Å². The van der Waals surface area contributed by atoms with Crippen molar-refractivity contribution in [2.75, 3.05) is 0 Å². The lowest BCUT2D eigenvalue weighted by molar-refractivity contribution is -0.137. The lowest BCUT2D eigenvalue weighted by Crippen LogP contribution is -2.36. The van der Waals surface area contributed by atoms with E-state index < -0.39 is 23.5 Å². The minimum atomic E-state index is -4.53. The summed E-state index contributed by atoms with van der Waals surface area (Å²) in [7, 11) is 1.73. The highest BCUT2D eigenvalue weighted by Crippen LogP contribution is 2.30. The highest BCUT2D eigenvalue weighted by atomic mass is 19.4. The number of halogens is 3. The molecule has 0 saturated carbocycles. The zero-order chi connectivity index (χ0) is 18.9. The number of nitrogens with zero attached hydrogens (tertiary/aromatic N) is 4. The summed E-state index contributed by atoms with van der Waals surface area (Å²) in [4.78, 5) is 24.5. The zero-order valence-electron chi connectivity index (χ0n) is 13.6. The Kier molecular flexibility index (Phi) is 4.41. The van der Waals surface area contributed by atoms with Crippen LogP contribution in [0.3, 0.4) is 0 Å². The fourth-order valence-electron chi connectivity index (χ4n) is 2.37. The fourth-order valence-corrected chi connectivity index (χ4v) is 2.37. The van der Waals surface area contributed by atoms with E-state index in [-0.39, 0.29) is 12.2 Å². The van der Waals surface area contributed by atoms with Crippen LogP contribution in [0.2, 0.25) is 0 Å². The molecule has 1 N–H and O–H groups in total. The van der Waals surface area contributed by atoms with Gasteiger partial charge in [0.15, 0.2) is 0 Å². The smallest absolute Gasteiger partial charge is 0.332 e. The number of benzene rings is 1. The highest BCUT2D eigenvalue weighted by Gasteiger charge is 2.30. The van der Waals surface area contributed by atoms with Crippen molar-refractivity contribution < 1.29 is 18.0 Å². The lowest BCUT2D eigenvalue weighted by Gasteiger charge is -2.08. The summed E-state index contributed by atoms with van der Waals surface area (Å²) >= 11 is 0. The molecule has 2 heterocycles. The van der Waals surface area contributed by atoms with Crippen LogP contribution in [0.5, 0.6) is 0 Å². The molecule has 3 rings (SSSR count). The molecule has 0 atom stereocenters. The Balaban J connectivity index is 1.82. The SMILES string of the molecule is Cn1ccc(CNC(=O)n2ccn(-c3cccc(C(F)(F)F)c3)c2=O)n1. The van der Waals surface area contributed by atoms with E-state index in [1.54, 1.807) is 24.0 Å². The summed E-state index contributed by atoms with van der Waals surface area (Å²) in [6, 6.07) is 5.31. The summed E-state index contributed by atoms with van der Waals surface area (Å²) in [5.74, 6) is 0. The van der Waals surface area contributed by atoms with Gasteiger partial charge >= 0.3 is 17.9 Å². The molecule has 0 unspecified atom stereocenters. The zero-order valence-corrected chi connectivity index (χ0v) is 13.6. The molecular weight excluding hydrogens is 351 g/mol. The Morgan fingerprint density at radius 2 is 1.96 bits per heavy atom. The molecule has 0 spiro atoms. The first-order chi connectivity index (χ1) is 12.3. The van der Waals surface area contributed by atoms with Gasteiger partial charge in [-0.1, -0.05) is 6.07 Å². The van der Waals surface area contributed by atoms with Crippen LogP contribution in [0.15, 0.2) is 53.7 Å². The van der Waals surface area contributed by atoms with Gasteiger partial charge in [-0.2, -0.15) is 18.3 Å². The predicted molar refractivity (Wildman–Crippen MR) is 85.9 cm³/mol. The van der Waals surface area contributed by atoms with Gasteiger partial charge in [0.25, 0.3) is 0 Å². The number of hydrogen-bond donors (Lipinski definition) is 1. The summed E-state index contributed by atoms with van der Waals surface area (Å²) in [5.41, 5.74) is -1.04. The highest BCUT2D eigenvalue weighted by molar-refractivity contribution is 5.76. The molecule has 1 amide bonds. The van der Waals surface area contributed by atoms with Gasteiger partial charge in [0.1, 0.15) is 0 Å². The van der Waals surface area contributed by atoms with E-state index in [2.05, 4.69) is 10.4 Å². The molecule has 3 aromatic rings. The van der Waals surface area contributed by atoms with E-state index in [1.807, 2.05) is 0 Å². The normalized spacial score (nSPS) is 11.5. The van der Waals surface area contributed by atoms with E-state index in [4.69, 9.17) is 0 Å². The van der Waals surface area contributed by atoms with E-state index in [0.717, 1.165) is 21.3 Å². The van der Waals surface area contributed by atoms with Crippen molar-refractivity contribution in [3.05, 3.63) is 70.7 Å². The molecule has 0 fully saturated rings. The van der Waals surface area contributed by atoms with E-state index in [9.17, 15) is 22.8 Å². The van der Waals surface area contributed by atoms with Crippen molar-refractivity contribution in [2.45, 2.75) is 12.7 Å². The summed E-state index contributed by atoms with van der Waals surface area (Å²) in [6.07, 6.45) is -0.394. The third-order valence-electron chi connectivity index (χ3n) is 3.64. The van der Waals surface area contributed by atoms with E-state index in [0.29, 0.717) is 5.69 Å². The molecule has 0 aliphatic carbocycles. The van der Waals surface area contributed by atoms with Crippen LogP contribution in [0.25, 0.3) is 5.69 Å². The van der Waals surface area contributed by atoms with Gasteiger partial charge in [-0.25, -0.2) is 14.2 Å². The van der Waals surface area contributed by atoms with Crippen molar-refractivity contribution in [3.8, 4) is 5.69 Å². The number of alkyl halides is 3. The van der Waals surface area contributed by atoms with Crippen LogP contribution in [-0.4, -0.2) is 24.9 Å². The first-order valence-electron chi connectivity index (χ1n) is 7.50. The summed E-state index contributed by atoms with van der Waals surface area (Å²) in [5, 5.41) is 6.61. The van der Waals surface area contributed by atoms with Gasteiger partial charge in [-0.3, -0.25) is 9.25 Å². The van der Waals surface area contributed by atoms with Gasteiger partial charge in [-0.05, 0) is 24.3 Å². The van der Waals surface area contributed by atoms with Gasteiger partial charge in [0.2, 0.25) is 0 Å². The fraction of sp³-hybridized carbons (Fsp3) is 0.188. The number of carbonyl (C=O) groups excluding carboxylic acids is 1. The van der Waals surface area contributed by atoms with Crippen molar-refractivity contribution in [3.63, 3.8) is 0 Å². The number of hydrogen-bond acceptors (Lipinski definition) is 3. The topological polar surface area (TPSA) is 73.8 Å². The predicted octanol–water partition coefficient (Wildman–Crippen LogP) is 2.15. The van der Waals surface area contributed by atoms with Gasteiger partial charge < -0.3 is 5.32 Å². The molecule has 10 heteroatoms. The number of carbonyl (C=O) groups is 1. The standard InChI is InChI=1S/C16H14F3N5O2/c1-22-6-5-12(21-22)10-20-14(25)24-8-7-23(15(24)26)13-4-2-3-11(9-13)16(17,18)19/h2-9H,10H2,1H3,(H,20,25). The Hall–Kier alpha value is -3.30. The quantitative estimate of drug-likeness (QED) is 0.773. The van der Waals surface area contributed by atoms with Crippen LogP contribution in [0, 0.1) is 0 Å². The van der Waals surface area contributed by atoms with Crippen molar-refractivity contribution in [2.24, 2.45) is 7.05 Å².